The van der Waals surface area contributed by atoms with Crippen LogP contribution < -0.4 is 10.6 Å². The van der Waals surface area contributed by atoms with Gasteiger partial charge in [0.25, 0.3) is 0 Å². The Hall–Kier alpha value is -2.30. The van der Waals surface area contributed by atoms with Gasteiger partial charge in [0, 0.05) is 29.8 Å². The summed E-state index contributed by atoms with van der Waals surface area (Å²) in [6.07, 6.45) is 3.42. The molecule has 1 aromatic heterocycles. The van der Waals surface area contributed by atoms with Crippen LogP contribution in [0.5, 0.6) is 5.75 Å². The number of benzene rings is 1. The molecule has 0 radical (unpaired) electrons. The highest BCUT2D eigenvalue weighted by Gasteiger charge is 2.26. The third-order valence-electron chi connectivity index (χ3n) is 3.85. The van der Waals surface area contributed by atoms with Crippen LogP contribution in [0.2, 0.25) is 0 Å². The average Bonchev–Trinajstić information content (AvgIpc) is 3.31. The molecule has 0 aliphatic heterocycles. The lowest BCUT2D eigenvalue weighted by Gasteiger charge is -2.14. The number of hydrogen-bond donors (Lipinski definition) is 3. The number of rotatable bonds is 6. The van der Waals surface area contributed by atoms with E-state index in [0.29, 0.717) is 17.9 Å². The lowest BCUT2D eigenvalue weighted by Crippen LogP contribution is -2.16. The molecule has 2 aromatic rings. The highest BCUT2D eigenvalue weighted by Crippen LogP contribution is 2.40. The largest absolute Gasteiger partial charge is 0.508 e. The first-order chi connectivity index (χ1) is 10.6. The van der Waals surface area contributed by atoms with Gasteiger partial charge in [-0.3, -0.25) is 0 Å². The monoisotopic (exact) mass is 298 g/mol. The maximum Gasteiger partial charge on any atom is 0.225 e. The highest BCUT2D eigenvalue weighted by atomic mass is 16.3. The zero-order valence-electron chi connectivity index (χ0n) is 13.0. The van der Waals surface area contributed by atoms with Crippen LogP contribution in [0.15, 0.2) is 30.3 Å². The van der Waals surface area contributed by atoms with Crippen molar-refractivity contribution in [3.8, 4) is 5.75 Å². The van der Waals surface area contributed by atoms with Crippen LogP contribution in [-0.2, 0) is 0 Å². The number of nitrogens with one attached hydrogen (secondary N) is 2. The van der Waals surface area contributed by atoms with Crippen LogP contribution in [0.25, 0.3) is 0 Å². The Labute approximate surface area is 130 Å². The molecule has 5 heteroatoms. The molecule has 1 heterocycles. The van der Waals surface area contributed by atoms with Crippen LogP contribution in [-0.4, -0.2) is 21.1 Å². The quantitative estimate of drug-likeness (QED) is 0.751. The fraction of sp³-hybridized carbons (Fsp3) is 0.412. The van der Waals surface area contributed by atoms with Gasteiger partial charge in [-0.25, -0.2) is 4.98 Å². The van der Waals surface area contributed by atoms with Crippen LogP contribution in [0.1, 0.15) is 44.7 Å². The van der Waals surface area contributed by atoms with Crippen molar-refractivity contribution in [3.63, 3.8) is 0 Å². The molecule has 116 valence electrons. The molecule has 3 N–H and O–H groups in total. The summed E-state index contributed by atoms with van der Waals surface area (Å²) in [4.78, 5) is 9.17. The van der Waals surface area contributed by atoms with E-state index in [1.165, 1.54) is 12.8 Å². The molecule has 1 saturated carbocycles. The van der Waals surface area contributed by atoms with Crippen LogP contribution in [0.4, 0.5) is 17.5 Å². The highest BCUT2D eigenvalue weighted by molar-refractivity contribution is 5.59. The Balaban J connectivity index is 1.85. The minimum atomic E-state index is 0.236. The van der Waals surface area contributed by atoms with Gasteiger partial charge in [0.2, 0.25) is 5.95 Å². The third-order valence-corrected chi connectivity index (χ3v) is 3.85. The summed E-state index contributed by atoms with van der Waals surface area (Å²) >= 11 is 0. The maximum atomic E-state index is 9.56. The number of aromatic hydroxyl groups is 1. The number of aromatic nitrogens is 2. The van der Waals surface area contributed by atoms with E-state index in [1.54, 1.807) is 18.2 Å². The van der Waals surface area contributed by atoms with Crippen LogP contribution >= 0.6 is 0 Å². The summed E-state index contributed by atoms with van der Waals surface area (Å²) in [7, 11) is 0. The van der Waals surface area contributed by atoms with E-state index in [4.69, 9.17) is 0 Å². The minimum Gasteiger partial charge on any atom is -0.508 e. The standard InChI is InChI=1S/C17H22N4O/c1-3-11(2)18-17-20-15(12-7-8-12)10-16(21-17)19-13-5-4-6-14(22)9-13/h4-6,9-12,22H,3,7-8H2,1-2H3,(H2,18,19,20,21)/t11-/m0/s1. The lowest BCUT2D eigenvalue weighted by molar-refractivity contribution is 0.475. The van der Waals surface area contributed by atoms with Crippen molar-refractivity contribution in [2.45, 2.75) is 45.1 Å². The van der Waals surface area contributed by atoms with E-state index >= 15 is 0 Å². The topological polar surface area (TPSA) is 70.1 Å². The molecule has 3 rings (SSSR count). The summed E-state index contributed by atoms with van der Waals surface area (Å²) < 4.78 is 0. The Morgan fingerprint density at radius 2 is 2.09 bits per heavy atom. The van der Waals surface area contributed by atoms with E-state index in [-0.39, 0.29) is 5.75 Å². The van der Waals surface area contributed by atoms with E-state index in [1.807, 2.05) is 12.1 Å². The Bertz CT molecular complexity index is 655. The van der Waals surface area contributed by atoms with Gasteiger partial charge in [0.15, 0.2) is 0 Å². The summed E-state index contributed by atoms with van der Waals surface area (Å²) in [6, 6.07) is 9.38. The average molecular weight is 298 g/mol. The van der Waals surface area contributed by atoms with Gasteiger partial charge < -0.3 is 15.7 Å². The molecule has 1 atom stereocenters. The van der Waals surface area contributed by atoms with E-state index < -0.39 is 0 Å². The number of hydrogen-bond acceptors (Lipinski definition) is 5. The molecule has 0 amide bonds. The Morgan fingerprint density at radius 3 is 2.77 bits per heavy atom. The number of phenolic OH excluding ortho intramolecular Hbond substituents is 1. The molecule has 0 saturated heterocycles. The van der Waals surface area contributed by atoms with Crippen molar-refractivity contribution in [1.82, 2.24) is 9.97 Å². The van der Waals surface area contributed by atoms with Gasteiger partial charge in [0.05, 0.1) is 5.69 Å². The Kier molecular flexibility index (Phi) is 4.13. The summed E-state index contributed by atoms with van der Waals surface area (Å²) in [5.41, 5.74) is 1.90. The molecule has 0 bridgehead atoms. The normalized spacial score (nSPS) is 15.4. The first-order valence-electron chi connectivity index (χ1n) is 7.85. The molecule has 1 aliphatic carbocycles. The summed E-state index contributed by atoms with van der Waals surface area (Å²) in [5, 5.41) is 16.2. The minimum absolute atomic E-state index is 0.236. The van der Waals surface area contributed by atoms with E-state index in [9.17, 15) is 5.11 Å². The molecule has 0 unspecified atom stereocenters. The van der Waals surface area contributed by atoms with Crippen molar-refractivity contribution >= 4 is 17.5 Å². The SMILES string of the molecule is CC[C@H](C)Nc1nc(Nc2cccc(O)c2)cc(C2CC2)n1. The van der Waals surface area contributed by atoms with Gasteiger partial charge in [-0.1, -0.05) is 13.0 Å². The van der Waals surface area contributed by atoms with Gasteiger partial charge in [-0.2, -0.15) is 4.98 Å². The van der Waals surface area contributed by atoms with Crippen molar-refractivity contribution in [3.05, 3.63) is 36.0 Å². The zero-order valence-corrected chi connectivity index (χ0v) is 13.0. The maximum absolute atomic E-state index is 9.56. The van der Waals surface area contributed by atoms with Gasteiger partial charge in [-0.05, 0) is 38.3 Å². The first kappa shape index (κ1) is 14.6. The number of nitrogens with zero attached hydrogens (tertiary/aromatic N) is 2. The molecule has 5 nitrogen and oxygen atoms in total. The van der Waals surface area contributed by atoms with Crippen molar-refractivity contribution in [2.24, 2.45) is 0 Å². The number of anilines is 3. The lowest BCUT2D eigenvalue weighted by atomic mass is 10.2. The molecule has 1 fully saturated rings. The smallest absolute Gasteiger partial charge is 0.225 e. The third kappa shape index (κ3) is 3.67. The second-order valence-corrected chi connectivity index (χ2v) is 5.90. The van der Waals surface area contributed by atoms with Crippen LogP contribution in [0.3, 0.4) is 0 Å². The molecule has 22 heavy (non-hydrogen) atoms. The van der Waals surface area contributed by atoms with Crippen LogP contribution in [0, 0.1) is 0 Å². The van der Waals surface area contributed by atoms with E-state index in [0.717, 1.165) is 23.6 Å². The predicted octanol–water partition coefficient (Wildman–Crippen LogP) is 4.01. The van der Waals surface area contributed by atoms with E-state index in [2.05, 4.69) is 34.4 Å². The van der Waals surface area contributed by atoms with Crippen molar-refractivity contribution < 1.29 is 5.11 Å². The van der Waals surface area contributed by atoms with Gasteiger partial charge in [-0.15, -0.1) is 0 Å². The molecular formula is C17H22N4O. The van der Waals surface area contributed by atoms with Crippen molar-refractivity contribution in [1.29, 1.82) is 0 Å². The second-order valence-electron chi connectivity index (χ2n) is 5.90. The van der Waals surface area contributed by atoms with Gasteiger partial charge >= 0.3 is 0 Å². The predicted molar refractivity (Wildman–Crippen MR) is 88.8 cm³/mol. The fourth-order valence-corrected chi connectivity index (χ4v) is 2.24. The second kappa shape index (κ2) is 6.22. The summed E-state index contributed by atoms with van der Waals surface area (Å²) in [5.74, 6) is 2.22. The first-order valence-corrected chi connectivity index (χ1v) is 7.85. The molecule has 0 spiro atoms. The fourth-order valence-electron chi connectivity index (χ4n) is 2.24. The van der Waals surface area contributed by atoms with Crippen molar-refractivity contribution in [2.75, 3.05) is 10.6 Å². The molecular weight excluding hydrogens is 276 g/mol. The molecule has 1 aromatic carbocycles. The Morgan fingerprint density at radius 1 is 1.27 bits per heavy atom. The molecule has 1 aliphatic rings. The zero-order chi connectivity index (χ0) is 15.5. The van der Waals surface area contributed by atoms with Gasteiger partial charge in [0.1, 0.15) is 11.6 Å². The summed E-state index contributed by atoms with van der Waals surface area (Å²) in [6.45, 7) is 4.25. The number of phenols is 1.